The first-order valence-electron chi connectivity index (χ1n) is 26.6. The summed E-state index contributed by atoms with van der Waals surface area (Å²) in [5.41, 5.74) is 0. The molecule has 0 amide bonds. The van der Waals surface area contributed by atoms with Crippen molar-refractivity contribution in [3.05, 3.63) is 85.1 Å². The Kier molecular flexibility index (Phi) is 41.1. The number of carbonyl (C=O) groups excluding carboxylic acids is 3. The zero-order valence-electron chi connectivity index (χ0n) is 42.8. The van der Waals surface area contributed by atoms with E-state index >= 15 is 0 Å². The third-order valence-corrected chi connectivity index (χ3v) is 11.5. The highest BCUT2D eigenvalue weighted by atomic mass is 16.7. The molecule has 0 aromatic heterocycles. The fourth-order valence-electron chi connectivity index (χ4n) is 7.43. The molecular formula is C57H92O12. The fraction of sp³-hybridized carbons (Fsp3) is 0.684. The first kappa shape index (κ1) is 62.9. The highest BCUT2D eigenvalue weighted by Gasteiger charge is 2.50. The molecule has 0 aliphatic carbocycles. The summed E-state index contributed by atoms with van der Waals surface area (Å²) in [6, 6.07) is 0. The van der Waals surface area contributed by atoms with E-state index < -0.39 is 67.3 Å². The van der Waals surface area contributed by atoms with Crippen LogP contribution in [-0.2, 0) is 42.9 Å². The summed E-state index contributed by atoms with van der Waals surface area (Å²) in [7, 11) is 0. The average molecular weight is 969 g/mol. The Labute approximate surface area is 416 Å². The molecule has 12 heteroatoms. The third kappa shape index (κ3) is 35.6. The third-order valence-electron chi connectivity index (χ3n) is 11.5. The Morgan fingerprint density at radius 3 is 1.42 bits per heavy atom. The summed E-state index contributed by atoms with van der Waals surface area (Å²) in [6.45, 7) is 5.67. The molecule has 6 unspecified atom stereocenters. The summed E-state index contributed by atoms with van der Waals surface area (Å²) in [4.78, 5) is 50.8. The van der Waals surface area contributed by atoms with Crippen LogP contribution in [0.4, 0.5) is 0 Å². The zero-order valence-corrected chi connectivity index (χ0v) is 42.8. The van der Waals surface area contributed by atoms with Crippen LogP contribution in [0.3, 0.4) is 0 Å². The lowest BCUT2D eigenvalue weighted by molar-refractivity contribution is -0.301. The average Bonchev–Trinajstić information content (AvgIpc) is 3.33. The van der Waals surface area contributed by atoms with Crippen LogP contribution in [0, 0.1) is 0 Å². The van der Waals surface area contributed by atoms with Gasteiger partial charge in [-0.1, -0.05) is 176 Å². The monoisotopic (exact) mass is 969 g/mol. The second kappa shape index (κ2) is 45.1. The minimum atomic E-state index is -1.91. The van der Waals surface area contributed by atoms with Crippen molar-refractivity contribution in [2.24, 2.45) is 0 Å². The lowest BCUT2D eigenvalue weighted by Gasteiger charge is -2.40. The molecule has 3 N–H and O–H groups in total. The zero-order chi connectivity index (χ0) is 50.4. The summed E-state index contributed by atoms with van der Waals surface area (Å²) in [5.74, 6) is -3.21. The maximum Gasteiger partial charge on any atom is 0.335 e. The van der Waals surface area contributed by atoms with Crippen LogP contribution >= 0.6 is 0 Å². The van der Waals surface area contributed by atoms with Crippen molar-refractivity contribution >= 4 is 23.9 Å². The minimum absolute atomic E-state index is 0.0343. The second-order valence-electron chi connectivity index (χ2n) is 17.8. The van der Waals surface area contributed by atoms with Crippen LogP contribution in [0.15, 0.2) is 85.1 Å². The number of allylic oxidation sites excluding steroid dienone is 14. The normalized spacial score (nSPS) is 19.3. The number of unbranched alkanes of at least 4 members (excludes halogenated alkanes) is 15. The number of carbonyl (C=O) groups is 4. The lowest BCUT2D eigenvalue weighted by atomic mass is 9.98. The standard InChI is InChI=1S/C57H92O12/c1-4-7-10-13-16-19-21-23-25-27-29-32-34-37-40-43-49(58)65-46-48(67-50(59)44-41-38-35-31-18-15-12-9-6-3)47-66-57-55(53(62)52(61)54(69-57)56(63)64)68-51(60)45-42-39-36-33-30-28-26-24-22-20-17-14-11-8-5-2/h7-8,10-11,16-17,19-20,23-26,29,32,48,52-55,57,61-62H,4-6,9,12-15,18,21-22,27-28,30-31,33-47H2,1-3H3,(H,63,64)/b10-7-,11-8-,19-16-,20-17-,25-23-,26-24-,32-29-. The van der Waals surface area contributed by atoms with Crippen molar-refractivity contribution in [1.82, 2.24) is 0 Å². The van der Waals surface area contributed by atoms with Gasteiger partial charge in [0.2, 0.25) is 0 Å². The van der Waals surface area contributed by atoms with Gasteiger partial charge in [-0.25, -0.2) is 4.79 Å². The Hall–Kier alpha value is -4.10. The number of rotatable bonds is 43. The molecule has 1 saturated heterocycles. The first-order valence-corrected chi connectivity index (χ1v) is 26.6. The summed E-state index contributed by atoms with van der Waals surface area (Å²) < 4.78 is 28.2. The number of carboxylic acid groups (broad SMARTS) is 1. The Balaban J connectivity index is 2.74. The number of hydrogen-bond acceptors (Lipinski definition) is 11. The number of esters is 3. The number of aliphatic hydroxyl groups is 2. The van der Waals surface area contributed by atoms with Gasteiger partial charge in [-0.05, 0) is 89.9 Å². The summed E-state index contributed by atoms with van der Waals surface area (Å²) in [6.07, 6.45) is 44.4. The van der Waals surface area contributed by atoms with Gasteiger partial charge in [0, 0.05) is 19.3 Å². The summed E-state index contributed by atoms with van der Waals surface area (Å²) in [5, 5.41) is 31.3. The predicted octanol–water partition coefficient (Wildman–Crippen LogP) is 12.8. The van der Waals surface area contributed by atoms with Crippen molar-refractivity contribution in [2.45, 2.75) is 237 Å². The largest absolute Gasteiger partial charge is 0.479 e. The molecule has 0 aromatic carbocycles. The second-order valence-corrected chi connectivity index (χ2v) is 17.8. The van der Waals surface area contributed by atoms with E-state index in [0.29, 0.717) is 19.3 Å². The molecule has 0 saturated carbocycles. The van der Waals surface area contributed by atoms with Gasteiger partial charge in [-0.2, -0.15) is 0 Å². The molecule has 392 valence electrons. The van der Waals surface area contributed by atoms with Gasteiger partial charge in [-0.3, -0.25) is 14.4 Å². The van der Waals surface area contributed by atoms with Gasteiger partial charge in [0.25, 0.3) is 0 Å². The van der Waals surface area contributed by atoms with Gasteiger partial charge < -0.3 is 39.0 Å². The van der Waals surface area contributed by atoms with E-state index in [-0.39, 0.29) is 25.9 Å². The van der Waals surface area contributed by atoms with Crippen LogP contribution in [0.2, 0.25) is 0 Å². The molecular weight excluding hydrogens is 877 g/mol. The maximum absolute atomic E-state index is 13.0. The highest BCUT2D eigenvalue weighted by Crippen LogP contribution is 2.26. The number of hydrogen-bond donors (Lipinski definition) is 3. The van der Waals surface area contributed by atoms with E-state index in [1.807, 2.05) is 0 Å². The van der Waals surface area contributed by atoms with Crippen LogP contribution in [0.25, 0.3) is 0 Å². The molecule has 1 rings (SSSR count). The van der Waals surface area contributed by atoms with Crippen molar-refractivity contribution < 1.29 is 58.2 Å². The number of ether oxygens (including phenoxy) is 5. The molecule has 1 heterocycles. The van der Waals surface area contributed by atoms with Gasteiger partial charge in [0.1, 0.15) is 18.8 Å². The van der Waals surface area contributed by atoms with Crippen LogP contribution in [0.1, 0.15) is 201 Å². The van der Waals surface area contributed by atoms with Crippen LogP contribution < -0.4 is 0 Å². The maximum atomic E-state index is 13.0. The fourth-order valence-corrected chi connectivity index (χ4v) is 7.43. The number of carboxylic acids is 1. The van der Waals surface area contributed by atoms with E-state index in [2.05, 4.69) is 106 Å². The molecule has 0 aromatic rings. The van der Waals surface area contributed by atoms with Crippen molar-refractivity contribution in [3.8, 4) is 0 Å². The highest BCUT2D eigenvalue weighted by molar-refractivity contribution is 5.74. The Morgan fingerprint density at radius 1 is 0.493 bits per heavy atom. The van der Waals surface area contributed by atoms with E-state index in [1.54, 1.807) is 0 Å². The molecule has 0 radical (unpaired) electrons. The van der Waals surface area contributed by atoms with E-state index in [4.69, 9.17) is 23.7 Å². The van der Waals surface area contributed by atoms with Crippen molar-refractivity contribution in [1.29, 1.82) is 0 Å². The van der Waals surface area contributed by atoms with Crippen LogP contribution in [0.5, 0.6) is 0 Å². The van der Waals surface area contributed by atoms with Gasteiger partial charge in [-0.15, -0.1) is 0 Å². The molecule has 1 aliphatic rings. The molecule has 1 fully saturated rings. The topological polar surface area (TPSA) is 175 Å². The quantitative estimate of drug-likeness (QED) is 0.0229. The Morgan fingerprint density at radius 2 is 0.913 bits per heavy atom. The molecule has 0 bridgehead atoms. The SMILES string of the molecule is CC/C=C\C/C=C\C/C=C\C/C=C\CCCCC(=O)OCC(COC1OC(C(=O)O)C(O)C(O)C1OC(=O)CCCCCCC/C=C\C/C=C\C/C=C\CC)OC(=O)CCCCCCCCCCC. The van der Waals surface area contributed by atoms with Crippen LogP contribution in [-0.4, -0.2) is 89.2 Å². The first-order chi connectivity index (χ1) is 33.6. The molecule has 6 atom stereocenters. The molecule has 0 spiro atoms. The molecule has 1 aliphatic heterocycles. The number of aliphatic hydroxyl groups excluding tert-OH is 2. The van der Waals surface area contributed by atoms with Crippen molar-refractivity contribution in [3.63, 3.8) is 0 Å². The van der Waals surface area contributed by atoms with E-state index in [1.165, 1.54) is 32.1 Å². The predicted molar refractivity (Wildman–Crippen MR) is 275 cm³/mol. The molecule has 69 heavy (non-hydrogen) atoms. The minimum Gasteiger partial charge on any atom is -0.479 e. The van der Waals surface area contributed by atoms with Gasteiger partial charge in [0.05, 0.1) is 6.61 Å². The van der Waals surface area contributed by atoms with Crippen molar-refractivity contribution in [2.75, 3.05) is 13.2 Å². The Bertz CT molecular complexity index is 1530. The summed E-state index contributed by atoms with van der Waals surface area (Å²) >= 11 is 0. The van der Waals surface area contributed by atoms with Gasteiger partial charge in [0.15, 0.2) is 24.6 Å². The van der Waals surface area contributed by atoms with E-state index in [9.17, 15) is 34.5 Å². The van der Waals surface area contributed by atoms with E-state index in [0.717, 1.165) is 109 Å². The number of aliphatic carboxylic acids is 1. The smallest absolute Gasteiger partial charge is 0.335 e. The lowest BCUT2D eigenvalue weighted by Crippen LogP contribution is -2.61. The molecule has 12 nitrogen and oxygen atoms in total. The van der Waals surface area contributed by atoms with Gasteiger partial charge >= 0.3 is 23.9 Å².